The average molecular weight is 211 g/mol. The van der Waals surface area contributed by atoms with Crippen LogP contribution in [-0.4, -0.2) is 54.6 Å². The van der Waals surface area contributed by atoms with Crippen LogP contribution in [0.2, 0.25) is 0 Å². The molecule has 0 aromatic rings. The molecule has 0 bridgehead atoms. The van der Waals surface area contributed by atoms with Gasteiger partial charge in [-0.3, -0.25) is 4.90 Å². The van der Waals surface area contributed by atoms with Gasteiger partial charge in [0.05, 0.1) is 0 Å². The molecule has 2 aliphatic rings. The Morgan fingerprint density at radius 3 is 2.47 bits per heavy atom. The molecule has 0 aromatic carbocycles. The maximum Gasteiger partial charge on any atom is 0.0332 e. The number of hydrogen-bond acceptors (Lipinski definition) is 3. The van der Waals surface area contributed by atoms with Crippen LogP contribution in [0.15, 0.2) is 0 Å². The lowest BCUT2D eigenvalue weighted by atomic mass is 9.93. The molecule has 1 heterocycles. The fourth-order valence-electron chi connectivity index (χ4n) is 3.16. The van der Waals surface area contributed by atoms with Gasteiger partial charge in [0.25, 0.3) is 0 Å². The van der Waals surface area contributed by atoms with Crippen molar-refractivity contribution in [3.8, 4) is 0 Å². The van der Waals surface area contributed by atoms with Crippen molar-refractivity contribution >= 4 is 0 Å². The van der Waals surface area contributed by atoms with Gasteiger partial charge in [-0.2, -0.15) is 0 Å². The second-order valence-electron chi connectivity index (χ2n) is 5.41. The van der Waals surface area contributed by atoms with Crippen molar-refractivity contribution in [2.45, 2.75) is 44.2 Å². The van der Waals surface area contributed by atoms with Crippen molar-refractivity contribution in [2.75, 3.05) is 33.2 Å². The first-order valence-corrected chi connectivity index (χ1v) is 6.33. The molecule has 0 aromatic heterocycles. The maximum absolute atomic E-state index is 6.02. The third kappa shape index (κ3) is 2.05. The highest BCUT2D eigenvalue weighted by Crippen LogP contribution is 2.35. The molecule has 88 valence electrons. The van der Waals surface area contributed by atoms with Gasteiger partial charge in [0.2, 0.25) is 0 Å². The Balaban J connectivity index is 2.03. The summed E-state index contributed by atoms with van der Waals surface area (Å²) >= 11 is 0. The zero-order chi connectivity index (χ0) is 10.9. The van der Waals surface area contributed by atoms with Gasteiger partial charge in [0.1, 0.15) is 0 Å². The van der Waals surface area contributed by atoms with Crippen molar-refractivity contribution in [2.24, 2.45) is 5.73 Å². The van der Waals surface area contributed by atoms with E-state index in [1.165, 1.54) is 45.3 Å². The molecule has 2 N–H and O–H groups in total. The van der Waals surface area contributed by atoms with Crippen LogP contribution in [0.1, 0.15) is 32.6 Å². The van der Waals surface area contributed by atoms with Crippen molar-refractivity contribution in [3.63, 3.8) is 0 Å². The van der Waals surface area contributed by atoms with E-state index in [-0.39, 0.29) is 0 Å². The third-order valence-corrected chi connectivity index (χ3v) is 4.54. The topological polar surface area (TPSA) is 32.5 Å². The van der Waals surface area contributed by atoms with Crippen LogP contribution in [-0.2, 0) is 0 Å². The third-order valence-electron chi connectivity index (χ3n) is 4.54. The minimum absolute atomic E-state index is 0.357. The van der Waals surface area contributed by atoms with E-state index in [1.807, 2.05) is 0 Å². The van der Waals surface area contributed by atoms with Crippen molar-refractivity contribution in [1.29, 1.82) is 0 Å². The molecule has 15 heavy (non-hydrogen) atoms. The summed E-state index contributed by atoms with van der Waals surface area (Å²) in [5, 5.41) is 0. The summed E-state index contributed by atoms with van der Waals surface area (Å²) in [5.74, 6) is 0. The summed E-state index contributed by atoms with van der Waals surface area (Å²) < 4.78 is 0. The van der Waals surface area contributed by atoms with Crippen LogP contribution in [0.25, 0.3) is 0 Å². The van der Waals surface area contributed by atoms with Gasteiger partial charge in [-0.25, -0.2) is 0 Å². The van der Waals surface area contributed by atoms with Crippen LogP contribution in [0.5, 0.6) is 0 Å². The van der Waals surface area contributed by atoms with Gasteiger partial charge in [0.15, 0.2) is 0 Å². The molecule has 3 nitrogen and oxygen atoms in total. The summed E-state index contributed by atoms with van der Waals surface area (Å²) in [6.45, 7) is 6.78. The van der Waals surface area contributed by atoms with E-state index < -0.39 is 0 Å². The molecular weight excluding hydrogens is 186 g/mol. The zero-order valence-corrected chi connectivity index (χ0v) is 10.2. The molecule has 3 heteroatoms. The quantitative estimate of drug-likeness (QED) is 0.736. The fraction of sp³-hybridized carbons (Fsp3) is 1.00. The van der Waals surface area contributed by atoms with Crippen LogP contribution in [0.4, 0.5) is 0 Å². The van der Waals surface area contributed by atoms with Gasteiger partial charge in [-0.15, -0.1) is 0 Å². The van der Waals surface area contributed by atoms with Crippen LogP contribution in [0.3, 0.4) is 0 Å². The number of rotatable bonds is 2. The Labute approximate surface area is 93.6 Å². The Morgan fingerprint density at radius 1 is 1.27 bits per heavy atom. The highest BCUT2D eigenvalue weighted by molar-refractivity contribution is 4.98. The first kappa shape index (κ1) is 11.4. The summed E-state index contributed by atoms with van der Waals surface area (Å²) in [5.41, 5.74) is 6.38. The minimum Gasteiger partial charge on any atom is -0.329 e. The lowest BCUT2D eigenvalue weighted by Gasteiger charge is -2.47. The second-order valence-corrected chi connectivity index (χ2v) is 5.41. The number of likely N-dealkylation sites (N-methyl/N-ethyl adjacent to an activating group) is 1. The normalized spacial score (nSPS) is 33.4. The van der Waals surface area contributed by atoms with Gasteiger partial charge in [0, 0.05) is 37.8 Å². The van der Waals surface area contributed by atoms with Crippen molar-refractivity contribution in [1.82, 2.24) is 9.80 Å². The second kappa shape index (κ2) is 4.40. The van der Waals surface area contributed by atoms with E-state index in [0.29, 0.717) is 11.6 Å². The number of hydrogen-bond donors (Lipinski definition) is 1. The first-order chi connectivity index (χ1) is 7.18. The van der Waals surface area contributed by atoms with E-state index in [4.69, 9.17) is 5.73 Å². The Hall–Kier alpha value is -0.120. The molecule has 2 rings (SSSR count). The summed E-state index contributed by atoms with van der Waals surface area (Å²) in [7, 11) is 2.23. The van der Waals surface area contributed by atoms with E-state index in [1.54, 1.807) is 0 Å². The lowest BCUT2D eigenvalue weighted by molar-refractivity contribution is 0.0213. The number of nitrogens with zero attached hydrogens (tertiary/aromatic N) is 2. The molecule has 0 spiro atoms. The van der Waals surface area contributed by atoms with E-state index in [2.05, 4.69) is 23.8 Å². The highest BCUT2D eigenvalue weighted by Gasteiger charge is 2.40. The van der Waals surface area contributed by atoms with Gasteiger partial charge in [-0.05, 0) is 26.8 Å². The Bertz CT molecular complexity index is 211. The lowest BCUT2D eigenvalue weighted by Crippen LogP contribution is -2.60. The van der Waals surface area contributed by atoms with Crippen molar-refractivity contribution < 1.29 is 0 Å². The summed E-state index contributed by atoms with van der Waals surface area (Å²) in [6.07, 6.45) is 5.38. The molecule has 1 unspecified atom stereocenters. The fourth-order valence-corrected chi connectivity index (χ4v) is 3.16. The molecule has 1 atom stereocenters. The maximum atomic E-state index is 6.02. The Morgan fingerprint density at radius 2 is 1.93 bits per heavy atom. The molecule has 1 aliphatic heterocycles. The van der Waals surface area contributed by atoms with Crippen LogP contribution >= 0.6 is 0 Å². The molecule has 1 saturated carbocycles. The molecule has 2 fully saturated rings. The minimum atomic E-state index is 0.357. The van der Waals surface area contributed by atoms with Gasteiger partial charge < -0.3 is 10.6 Å². The predicted molar refractivity (Wildman–Crippen MR) is 63.9 cm³/mol. The van der Waals surface area contributed by atoms with Crippen LogP contribution < -0.4 is 5.73 Å². The summed E-state index contributed by atoms with van der Waals surface area (Å²) in [6, 6.07) is 0.683. The molecule has 1 aliphatic carbocycles. The monoisotopic (exact) mass is 211 g/mol. The standard InChI is InChI=1S/C12H25N3/c1-11-9-15(8-7-14(11)2)12(10-13)5-3-4-6-12/h11H,3-10,13H2,1-2H3. The van der Waals surface area contributed by atoms with Gasteiger partial charge in [-0.1, -0.05) is 12.8 Å². The smallest absolute Gasteiger partial charge is 0.0332 e. The van der Waals surface area contributed by atoms with E-state index in [0.717, 1.165) is 6.54 Å². The molecule has 1 saturated heterocycles. The first-order valence-electron chi connectivity index (χ1n) is 6.33. The van der Waals surface area contributed by atoms with Gasteiger partial charge >= 0.3 is 0 Å². The average Bonchev–Trinajstić information content (AvgIpc) is 2.72. The van der Waals surface area contributed by atoms with Crippen LogP contribution in [0, 0.1) is 0 Å². The Kier molecular flexibility index (Phi) is 3.33. The van der Waals surface area contributed by atoms with Crippen molar-refractivity contribution in [3.05, 3.63) is 0 Å². The molecule has 0 radical (unpaired) electrons. The van der Waals surface area contributed by atoms with E-state index in [9.17, 15) is 0 Å². The predicted octanol–water partition coefficient (Wildman–Crippen LogP) is 0.894. The molecular formula is C12H25N3. The SMILES string of the molecule is CC1CN(C2(CN)CCCC2)CCN1C. The summed E-state index contributed by atoms with van der Waals surface area (Å²) in [4.78, 5) is 5.13. The zero-order valence-electron chi connectivity index (χ0n) is 10.2. The largest absolute Gasteiger partial charge is 0.329 e. The number of piperazine rings is 1. The molecule has 0 amide bonds. The number of nitrogens with two attached hydrogens (primary N) is 1. The highest BCUT2D eigenvalue weighted by atomic mass is 15.3. The van der Waals surface area contributed by atoms with E-state index >= 15 is 0 Å².